The number of aliphatic hydroxyl groups is 1. The van der Waals surface area contributed by atoms with E-state index in [1.54, 1.807) is 6.92 Å². The van der Waals surface area contributed by atoms with Crippen LogP contribution in [0.15, 0.2) is 24.3 Å². The molecule has 0 amide bonds. The van der Waals surface area contributed by atoms with Crippen LogP contribution in [0.4, 0.5) is 0 Å². The van der Waals surface area contributed by atoms with Crippen molar-refractivity contribution in [3.63, 3.8) is 0 Å². The number of fused-ring (bicyclic) bond motifs is 2. The minimum atomic E-state index is -0.569. The molecular formula is C13H16O. The van der Waals surface area contributed by atoms with E-state index in [-0.39, 0.29) is 5.41 Å². The molecule has 2 rings (SSSR count). The quantitative estimate of drug-likeness (QED) is 0.494. The van der Waals surface area contributed by atoms with Gasteiger partial charge in [0.25, 0.3) is 0 Å². The first-order chi connectivity index (χ1) is 6.60. The molecule has 0 aromatic carbocycles. The highest BCUT2D eigenvalue weighted by molar-refractivity contribution is 5.37. The monoisotopic (exact) mass is 188 g/mol. The first-order valence-corrected chi connectivity index (χ1v) is 5.08. The molecule has 0 radical (unpaired) electrons. The van der Waals surface area contributed by atoms with Gasteiger partial charge in [0.05, 0.1) is 0 Å². The average molecular weight is 188 g/mol. The van der Waals surface area contributed by atoms with Crippen LogP contribution in [-0.4, -0.2) is 11.2 Å². The van der Waals surface area contributed by atoms with Crippen LogP contribution in [0.2, 0.25) is 0 Å². The summed E-state index contributed by atoms with van der Waals surface area (Å²) in [6.07, 6.45) is 4.96. The van der Waals surface area contributed by atoms with E-state index >= 15 is 0 Å². The lowest BCUT2D eigenvalue weighted by Crippen LogP contribution is -2.36. The van der Waals surface area contributed by atoms with Crippen molar-refractivity contribution in [3.05, 3.63) is 24.3 Å². The second-order valence-electron chi connectivity index (χ2n) is 4.44. The van der Waals surface area contributed by atoms with Crippen LogP contribution in [0, 0.1) is 29.1 Å². The molecule has 1 fully saturated rings. The van der Waals surface area contributed by atoms with Gasteiger partial charge in [0, 0.05) is 5.41 Å². The molecule has 1 heteroatoms. The van der Waals surface area contributed by atoms with Crippen molar-refractivity contribution in [1.82, 2.24) is 0 Å². The van der Waals surface area contributed by atoms with E-state index in [1.165, 1.54) is 0 Å². The highest BCUT2D eigenvalue weighted by Gasteiger charge is 2.51. The summed E-state index contributed by atoms with van der Waals surface area (Å²) in [4.78, 5) is 0. The molecule has 0 aromatic heterocycles. The van der Waals surface area contributed by atoms with E-state index in [0.29, 0.717) is 11.8 Å². The van der Waals surface area contributed by atoms with E-state index in [0.717, 1.165) is 12.0 Å². The van der Waals surface area contributed by atoms with Gasteiger partial charge in [-0.2, -0.15) is 0 Å². The summed E-state index contributed by atoms with van der Waals surface area (Å²) in [5, 5.41) is 10.0. The Morgan fingerprint density at radius 2 is 2.36 bits per heavy atom. The van der Waals surface area contributed by atoms with Gasteiger partial charge < -0.3 is 5.11 Å². The summed E-state index contributed by atoms with van der Waals surface area (Å²) in [6.45, 7) is 7.96. The summed E-state index contributed by atoms with van der Waals surface area (Å²) in [5.41, 5.74) is 0.933. The minimum Gasteiger partial charge on any atom is -0.379 e. The van der Waals surface area contributed by atoms with E-state index in [4.69, 9.17) is 0 Å². The molecule has 0 saturated heterocycles. The summed E-state index contributed by atoms with van der Waals surface area (Å²) < 4.78 is 0. The maximum Gasteiger partial charge on any atom is 0.124 e. The number of hydrogen-bond donors (Lipinski definition) is 1. The lowest BCUT2D eigenvalue weighted by Gasteiger charge is -2.35. The van der Waals surface area contributed by atoms with Crippen LogP contribution >= 0.6 is 0 Å². The Hall–Kier alpha value is -1.00. The second-order valence-corrected chi connectivity index (χ2v) is 4.44. The molecule has 4 atom stereocenters. The van der Waals surface area contributed by atoms with Gasteiger partial charge in [-0.3, -0.25) is 0 Å². The predicted octanol–water partition coefficient (Wildman–Crippen LogP) is 2.14. The van der Waals surface area contributed by atoms with E-state index in [9.17, 15) is 5.11 Å². The smallest absolute Gasteiger partial charge is 0.124 e. The fourth-order valence-corrected chi connectivity index (χ4v) is 2.70. The van der Waals surface area contributed by atoms with Crippen molar-refractivity contribution in [3.8, 4) is 11.8 Å². The minimum absolute atomic E-state index is 0.220. The topological polar surface area (TPSA) is 20.2 Å². The van der Waals surface area contributed by atoms with Crippen molar-refractivity contribution in [2.45, 2.75) is 26.4 Å². The van der Waals surface area contributed by atoms with Gasteiger partial charge in [0.1, 0.15) is 6.10 Å². The Morgan fingerprint density at radius 1 is 1.64 bits per heavy atom. The Balaban J connectivity index is 2.35. The fourth-order valence-electron chi connectivity index (χ4n) is 2.70. The Kier molecular flexibility index (Phi) is 2.05. The van der Waals surface area contributed by atoms with E-state index < -0.39 is 6.10 Å². The molecule has 2 bridgehead atoms. The molecule has 1 nitrogen and oxygen atoms in total. The molecule has 0 aliphatic heterocycles. The Labute approximate surface area is 85.5 Å². The zero-order valence-electron chi connectivity index (χ0n) is 8.75. The van der Waals surface area contributed by atoms with Crippen LogP contribution in [0.5, 0.6) is 0 Å². The lowest BCUT2D eigenvalue weighted by atomic mass is 9.70. The van der Waals surface area contributed by atoms with Gasteiger partial charge in [0.15, 0.2) is 0 Å². The van der Waals surface area contributed by atoms with Crippen LogP contribution in [0.3, 0.4) is 0 Å². The molecule has 2 aliphatic carbocycles. The standard InChI is InChI=1S/C13H16O/c1-4-5-12(14)13(3)9(2)10-6-7-11(13)8-10/h6-7,10-12,14H,2,8H2,1,3H3/t10-,11+,12?,13+/m1/s1. The van der Waals surface area contributed by atoms with Crippen LogP contribution in [0.1, 0.15) is 20.3 Å². The van der Waals surface area contributed by atoms with Crippen LogP contribution in [0.25, 0.3) is 0 Å². The van der Waals surface area contributed by atoms with Gasteiger partial charge >= 0.3 is 0 Å². The SMILES string of the molecule is C=C1[C@@H]2C=C[C@@H](C2)[C@@]1(C)C(O)C#CC. The number of allylic oxidation sites excluding steroid dienone is 2. The summed E-state index contributed by atoms with van der Waals surface area (Å²) in [6, 6.07) is 0. The lowest BCUT2D eigenvalue weighted by molar-refractivity contribution is 0.0929. The summed E-state index contributed by atoms with van der Waals surface area (Å²) in [5.74, 6) is 6.54. The first kappa shape index (κ1) is 9.55. The molecule has 1 N–H and O–H groups in total. The number of hydrogen-bond acceptors (Lipinski definition) is 1. The Bertz CT molecular complexity index is 355. The number of aliphatic hydroxyl groups excluding tert-OH is 1. The third kappa shape index (κ3) is 1.01. The zero-order valence-corrected chi connectivity index (χ0v) is 8.75. The largest absolute Gasteiger partial charge is 0.379 e. The maximum absolute atomic E-state index is 10.0. The van der Waals surface area contributed by atoms with Gasteiger partial charge in [0.2, 0.25) is 0 Å². The molecule has 14 heavy (non-hydrogen) atoms. The van der Waals surface area contributed by atoms with Crippen molar-refractivity contribution < 1.29 is 5.11 Å². The summed E-state index contributed by atoms with van der Waals surface area (Å²) >= 11 is 0. The van der Waals surface area contributed by atoms with Crippen LogP contribution < -0.4 is 0 Å². The first-order valence-electron chi connectivity index (χ1n) is 5.08. The Morgan fingerprint density at radius 3 is 2.86 bits per heavy atom. The highest BCUT2D eigenvalue weighted by atomic mass is 16.3. The molecule has 1 unspecified atom stereocenters. The molecule has 0 aromatic rings. The normalized spacial score (nSPS) is 40.9. The third-order valence-electron chi connectivity index (χ3n) is 3.84. The molecule has 2 aliphatic rings. The van der Waals surface area contributed by atoms with Crippen molar-refractivity contribution in [2.75, 3.05) is 0 Å². The van der Waals surface area contributed by atoms with E-state index in [1.807, 2.05) is 0 Å². The van der Waals surface area contributed by atoms with Crippen molar-refractivity contribution in [1.29, 1.82) is 0 Å². The van der Waals surface area contributed by atoms with E-state index in [2.05, 4.69) is 37.5 Å². The van der Waals surface area contributed by atoms with Crippen LogP contribution in [-0.2, 0) is 0 Å². The molecular weight excluding hydrogens is 172 g/mol. The van der Waals surface area contributed by atoms with Gasteiger partial charge in [-0.15, -0.1) is 5.92 Å². The van der Waals surface area contributed by atoms with Gasteiger partial charge in [-0.05, 0) is 25.2 Å². The van der Waals surface area contributed by atoms with Gasteiger partial charge in [-0.25, -0.2) is 0 Å². The van der Waals surface area contributed by atoms with Gasteiger partial charge in [-0.1, -0.05) is 37.1 Å². The predicted molar refractivity (Wildman–Crippen MR) is 57.4 cm³/mol. The molecule has 0 spiro atoms. The maximum atomic E-state index is 10.0. The van der Waals surface area contributed by atoms with Crippen molar-refractivity contribution in [2.24, 2.45) is 17.3 Å². The highest BCUT2D eigenvalue weighted by Crippen LogP contribution is 2.56. The fraction of sp³-hybridized carbons (Fsp3) is 0.538. The average Bonchev–Trinajstić information content (AvgIpc) is 2.71. The number of rotatable bonds is 1. The molecule has 74 valence electrons. The summed E-state index contributed by atoms with van der Waals surface area (Å²) in [7, 11) is 0. The molecule has 0 heterocycles. The van der Waals surface area contributed by atoms with Crippen molar-refractivity contribution >= 4 is 0 Å². The molecule has 1 saturated carbocycles. The second kappa shape index (κ2) is 3.00. The zero-order chi connectivity index (χ0) is 10.3. The third-order valence-corrected chi connectivity index (χ3v) is 3.84.